The van der Waals surface area contributed by atoms with Gasteiger partial charge in [0.2, 0.25) is 5.91 Å². The van der Waals surface area contributed by atoms with E-state index in [1.807, 2.05) is 7.05 Å². The molecule has 102 valence electrons. The second kappa shape index (κ2) is 4.97. The van der Waals surface area contributed by atoms with Crippen LogP contribution < -0.4 is 10.6 Å². The Morgan fingerprint density at radius 2 is 1.89 bits per heavy atom. The number of anilines is 1. The first-order valence-corrected chi connectivity index (χ1v) is 7.30. The first-order chi connectivity index (χ1) is 9.15. The number of rotatable bonds is 1. The van der Waals surface area contributed by atoms with Crippen molar-refractivity contribution in [1.82, 2.24) is 0 Å². The van der Waals surface area contributed by atoms with E-state index in [0.717, 1.165) is 24.9 Å². The van der Waals surface area contributed by atoms with Crippen molar-refractivity contribution in [2.75, 3.05) is 11.9 Å². The lowest BCUT2D eigenvalue weighted by Crippen LogP contribution is -2.31. The van der Waals surface area contributed by atoms with Gasteiger partial charge in [-0.25, -0.2) is 0 Å². The van der Waals surface area contributed by atoms with Crippen LogP contribution in [0.1, 0.15) is 49.1 Å². The van der Waals surface area contributed by atoms with Gasteiger partial charge >= 0.3 is 0 Å². The number of hydrogen-bond acceptors (Lipinski definition) is 2. The highest BCUT2D eigenvalue weighted by Gasteiger charge is 2.24. The van der Waals surface area contributed by atoms with E-state index in [9.17, 15) is 4.79 Å². The molecule has 0 radical (unpaired) electrons. The molecule has 0 unspecified atom stereocenters. The van der Waals surface area contributed by atoms with Crippen LogP contribution in [0.5, 0.6) is 0 Å². The number of carbonyl (C=O) groups is 1. The molecule has 3 nitrogen and oxygen atoms in total. The molecule has 1 saturated carbocycles. The van der Waals surface area contributed by atoms with Crippen molar-refractivity contribution in [1.29, 1.82) is 0 Å². The molecule has 0 bridgehead atoms. The van der Waals surface area contributed by atoms with Gasteiger partial charge in [0.1, 0.15) is 0 Å². The van der Waals surface area contributed by atoms with Crippen LogP contribution in [0.3, 0.4) is 0 Å². The predicted octanol–water partition coefficient (Wildman–Crippen LogP) is 2.58. The molecule has 1 aliphatic carbocycles. The molecule has 0 spiro atoms. The molecule has 3 heteroatoms. The van der Waals surface area contributed by atoms with Crippen molar-refractivity contribution in [3.8, 4) is 0 Å². The molecule has 19 heavy (non-hydrogen) atoms. The molecule has 2 aliphatic rings. The monoisotopic (exact) mass is 258 g/mol. The zero-order valence-electron chi connectivity index (χ0n) is 11.6. The largest absolute Gasteiger partial charge is 0.328 e. The lowest BCUT2D eigenvalue weighted by atomic mass is 9.81. The van der Waals surface area contributed by atoms with Crippen LogP contribution in [-0.2, 0) is 11.2 Å². The average molecular weight is 258 g/mol. The van der Waals surface area contributed by atoms with Gasteiger partial charge in [0.15, 0.2) is 0 Å². The van der Waals surface area contributed by atoms with Crippen molar-refractivity contribution in [2.45, 2.75) is 50.5 Å². The van der Waals surface area contributed by atoms with Gasteiger partial charge < -0.3 is 10.6 Å². The third-order valence-electron chi connectivity index (χ3n) is 4.69. The molecule has 1 heterocycles. The van der Waals surface area contributed by atoms with Gasteiger partial charge in [-0.15, -0.1) is 0 Å². The summed E-state index contributed by atoms with van der Waals surface area (Å²) in [4.78, 5) is 13.5. The third kappa shape index (κ3) is 2.39. The normalized spacial score (nSPS) is 27.3. The Morgan fingerprint density at radius 3 is 2.63 bits per heavy atom. The Labute approximate surface area is 114 Å². The zero-order chi connectivity index (χ0) is 13.4. The van der Waals surface area contributed by atoms with Crippen LogP contribution in [0.2, 0.25) is 0 Å². The summed E-state index contributed by atoms with van der Waals surface area (Å²) in [6, 6.07) is 7.04. The van der Waals surface area contributed by atoms with E-state index in [4.69, 9.17) is 5.73 Å². The van der Waals surface area contributed by atoms with Gasteiger partial charge in [0.05, 0.1) is 0 Å². The summed E-state index contributed by atoms with van der Waals surface area (Å²) in [5.74, 6) is 0.886. The quantitative estimate of drug-likeness (QED) is 0.841. The zero-order valence-corrected chi connectivity index (χ0v) is 11.6. The van der Waals surface area contributed by atoms with Crippen LogP contribution in [0.15, 0.2) is 18.2 Å². The number of hydrogen-bond donors (Lipinski definition) is 1. The van der Waals surface area contributed by atoms with Crippen molar-refractivity contribution in [2.24, 2.45) is 5.73 Å². The van der Waals surface area contributed by atoms with Crippen LogP contribution in [0.25, 0.3) is 0 Å². The molecule has 1 aromatic rings. The topological polar surface area (TPSA) is 46.3 Å². The van der Waals surface area contributed by atoms with E-state index >= 15 is 0 Å². The van der Waals surface area contributed by atoms with Gasteiger partial charge in [-0.1, -0.05) is 12.1 Å². The molecule has 2 N–H and O–H groups in total. The fourth-order valence-corrected chi connectivity index (χ4v) is 3.38. The van der Waals surface area contributed by atoms with Gasteiger partial charge in [-0.05, 0) is 55.2 Å². The molecular weight excluding hydrogens is 236 g/mol. The molecule has 0 atom stereocenters. The maximum Gasteiger partial charge on any atom is 0.227 e. The van der Waals surface area contributed by atoms with Crippen LogP contribution in [0, 0.1) is 0 Å². The van der Waals surface area contributed by atoms with Crippen molar-refractivity contribution < 1.29 is 4.79 Å². The summed E-state index contributed by atoms with van der Waals surface area (Å²) in [5.41, 5.74) is 9.83. The van der Waals surface area contributed by atoms with Gasteiger partial charge in [0.25, 0.3) is 0 Å². The minimum atomic E-state index is 0.226. The van der Waals surface area contributed by atoms with Crippen molar-refractivity contribution in [3.63, 3.8) is 0 Å². The minimum absolute atomic E-state index is 0.226. The molecule has 0 saturated heterocycles. The van der Waals surface area contributed by atoms with E-state index in [-0.39, 0.29) is 5.91 Å². The first kappa shape index (κ1) is 12.7. The summed E-state index contributed by atoms with van der Waals surface area (Å²) in [6.07, 6.45) is 6.21. The lowest BCUT2D eigenvalue weighted by molar-refractivity contribution is -0.118. The summed E-state index contributed by atoms with van der Waals surface area (Å²) in [7, 11) is 1.87. The number of nitrogens with zero attached hydrogens (tertiary/aromatic N) is 1. The second-order valence-electron chi connectivity index (χ2n) is 5.95. The summed E-state index contributed by atoms with van der Waals surface area (Å²) in [6.45, 7) is 0. The number of fused-ring (bicyclic) bond motifs is 1. The average Bonchev–Trinajstić information content (AvgIpc) is 2.43. The molecule has 3 rings (SSSR count). The molecule has 1 aromatic carbocycles. The Morgan fingerprint density at radius 1 is 1.16 bits per heavy atom. The van der Waals surface area contributed by atoms with Gasteiger partial charge in [-0.2, -0.15) is 0 Å². The number of carbonyl (C=O) groups excluding carboxylic acids is 1. The highest BCUT2D eigenvalue weighted by atomic mass is 16.2. The molecule has 1 amide bonds. The van der Waals surface area contributed by atoms with E-state index < -0.39 is 0 Å². The van der Waals surface area contributed by atoms with Crippen LogP contribution >= 0.6 is 0 Å². The van der Waals surface area contributed by atoms with E-state index in [1.54, 1.807) is 4.90 Å². The van der Waals surface area contributed by atoms with E-state index in [2.05, 4.69) is 18.2 Å². The van der Waals surface area contributed by atoms with E-state index in [1.165, 1.54) is 24.0 Å². The maximum absolute atomic E-state index is 11.7. The second-order valence-corrected chi connectivity index (χ2v) is 5.95. The smallest absolute Gasteiger partial charge is 0.227 e. The standard InChI is InChI=1S/C16H22N2O/c1-18-15-8-4-12(10-13(15)5-9-16(18)19)11-2-6-14(17)7-3-11/h4,8,10-11,14H,2-3,5-7,9,17H2,1H3. The summed E-state index contributed by atoms with van der Waals surface area (Å²) in [5, 5.41) is 0. The van der Waals surface area contributed by atoms with Crippen LogP contribution in [-0.4, -0.2) is 19.0 Å². The molecular formula is C16H22N2O. The Bertz CT molecular complexity index is 490. The summed E-state index contributed by atoms with van der Waals surface area (Å²) < 4.78 is 0. The minimum Gasteiger partial charge on any atom is -0.328 e. The molecule has 1 fully saturated rings. The molecule has 0 aromatic heterocycles. The Kier molecular flexibility index (Phi) is 3.31. The number of amides is 1. The number of nitrogens with two attached hydrogens (primary N) is 1. The third-order valence-corrected chi connectivity index (χ3v) is 4.69. The number of benzene rings is 1. The van der Waals surface area contributed by atoms with Crippen molar-refractivity contribution in [3.05, 3.63) is 29.3 Å². The van der Waals surface area contributed by atoms with Gasteiger partial charge in [-0.3, -0.25) is 4.79 Å². The predicted molar refractivity (Wildman–Crippen MR) is 77.4 cm³/mol. The maximum atomic E-state index is 11.7. The fourth-order valence-electron chi connectivity index (χ4n) is 3.38. The lowest BCUT2D eigenvalue weighted by Gasteiger charge is -2.29. The fraction of sp³-hybridized carbons (Fsp3) is 0.562. The van der Waals surface area contributed by atoms with Crippen LogP contribution in [0.4, 0.5) is 5.69 Å². The first-order valence-electron chi connectivity index (χ1n) is 7.30. The summed E-state index contributed by atoms with van der Waals surface area (Å²) >= 11 is 0. The van der Waals surface area contributed by atoms with E-state index in [0.29, 0.717) is 18.4 Å². The van der Waals surface area contributed by atoms with Crippen molar-refractivity contribution >= 4 is 11.6 Å². The highest BCUT2D eigenvalue weighted by Crippen LogP contribution is 2.35. The SMILES string of the molecule is CN1C(=O)CCc2cc(C3CCC(N)CC3)ccc21. The molecule has 1 aliphatic heterocycles. The highest BCUT2D eigenvalue weighted by molar-refractivity contribution is 5.95. The Hall–Kier alpha value is -1.35. The van der Waals surface area contributed by atoms with Gasteiger partial charge in [0, 0.05) is 25.2 Å². The number of aryl methyl sites for hydroxylation is 1. The Balaban J connectivity index is 1.84.